The van der Waals surface area contributed by atoms with Crippen molar-refractivity contribution in [2.24, 2.45) is 0 Å². The van der Waals surface area contributed by atoms with E-state index in [4.69, 9.17) is 8.83 Å². The maximum absolute atomic E-state index is 7.14. The van der Waals surface area contributed by atoms with Crippen LogP contribution in [0.4, 0.5) is 0 Å². The molecule has 270 valence electrons. The summed E-state index contributed by atoms with van der Waals surface area (Å²) < 4.78 is 18.9. The Labute approximate surface area is 332 Å². The summed E-state index contributed by atoms with van der Waals surface area (Å²) in [6.07, 6.45) is 0. The molecular weight excluding hydrogens is 709 g/mol. The van der Waals surface area contributed by atoms with Crippen LogP contribution in [0.5, 0.6) is 0 Å². The van der Waals surface area contributed by atoms with Gasteiger partial charge in [-0.25, -0.2) is 0 Å². The molecular formula is C54H32N2O2. The third-order valence-corrected chi connectivity index (χ3v) is 12.1. The van der Waals surface area contributed by atoms with Crippen molar-refractivity contribution in [1.29, 1.82) is 0 Å². The van der Waals surface area contributed by atoms with E-state index < -0.39 is 0 Å². The van der Waals surface area contributed by atoms with Crippen LogP contribution in [0.25, 0.3) is 121 Å². The molecule has 4 heteroatoms. The molecule has 13 rings (SSSR count). The molecule has 0 atom stereocenters. The molecule has 0 fully saturated rings. The Balaban J connectivity index is 1.22. The van der Waals surface area contributed by atoms with Gasteiger partial charge in [0.2, 0.25) is 0 Å². The van der Waals surface area contributed by atoms with Crippen LogP contribution in [-0.4, -0.2) is 9.13 Å². The summed E-state index contributed by atoms with van der Waals surface area (Å²) >= 11 is 0. The van der Waals surface area contributed by atoms with Gasteiger partial charge < -0.3 is 18.0 Å². The molecule has 9 aromatic carbocycles. The van der Waals surface area contributed by atoms with Gasteiger partial charge in [0.15, 0.2) is 5.58 Å². The Morgan fingerprint density at radius 1 is 0.310 bits per heavy atom. The van der Waals surface area contributed by atoms with Gasteiger partial charge in [-0.1, -0.05) is 133 Å². The van der Waals surface area contributed by atoms with Crippen molar-refractivity contribution in [3.8, 4) is 33.6 Å². The molecule has 13 aromatic rings. The molecule has 0 saturated heterocycles. The third-order valence-electron chi connectivity index (χ3n) is 12.1. The molecule has 0 aliphatic heterocycles. The molecule has 4 nitrogen and oxygen atoms in total. The highest BCUT2D eigenvalue weighted by atomic mass is 16.3. The van der Waals surface area contributed by atoms with Gasteiger partial charge in [-0.3, -0.25) is 0 Å². The maximum atomic E-state index is 7.14. The first-order valence-corrected chi connectivity index (χ1v) is 19.8. The van der Waals surface area contributed by atoms with Gasteiger partial charge in [-0.15, -0.1) is 0 Å². The molecule has 0 saturated carbocycles. The number of fused-ring (bicyclic) bond motifs is 13. The highest BCUT2D eigenvalue weighted by Crippen LogP contribution is 2.47. The fourth-order valence-corrected chi connectivity index (χ4v) is 9.61. The number of furan rings is 2. The number of para-hydroxylation sites is 4. The number of rotatable bonds is 4. The van der Waals surface area contributed by atoms with E-state index in [0.29, 0.717) is 0 Å². The molecule has 0 radical (unpaired) electrons. The van der Waals surface area contributed by atoms with Gasteiger partial charge in [0.25, 0.3) is 0 Å². The van der Waals surface area contributed by atoms with Crippen LogP contribution in [-0.2, 0) is 0 Å². The van der Waals surface area contributed by atoms with Gasteiger partial charge in [0.1, 0.15) is 16.7 Å². The molecule has 0 aliphatic rings. The van der Waals surface area contributed by atoms with E-state index in [-0.39, 0.29) is 0 Å². The van der Waals surface area contributed by atoms with Crippen LogP contribution in [0.1, 0.15) is 0 Å². The van der Waals surface area contributed by atoms with Crippen LogP contribution >= 0.6 is 0 Å². The highest BCUT2D eigenvalue weighted by molar-refractivity contribution is 6.28. The fourth-order valence-electron chi connectivity index (χ4n) is 9.61. The second-order valence-electron chi connectivity index (χ2n) is 15.2. The van der Waals surface area contributed by atoms with Crippen molar-refractivity contribution in [3.63, 3.8) is 0 Å². The Kier molecular flexibility index (Phi) is 6.41. The molecule has 0 N–H and O–H groups in total. The van der Waals surface area contributed by atoms with Gasteiger partial charge in [0.05, 0.1) is 27.8 Å². The lowest BCUT2D eigenvalue weighted by atomic mass is 9.95. The zero-order valence-electron chi connectivity index (χ0n) is 31.2. The van der Waals surface area contributed by atoms with E-state index in [0.717, 1.165) is 99.6 Å². The van der Waals surface area contributed by atoms with Gasteiger partial charge in [0, 0.05) is 54.3 Å². The van der Waals surface area contributed by atoms with E-state index in [2.05, 4.69) is 203 Å². The van der Waals surface area contributed by atoms with Crippen molar-refractivity contribution in [3.05, 3.63) is 194 Å². The van der Waals surface area contributed by atoms with Crippen LogP contribution in [0.15, 0.2) is 203 Å². The minimum atomic E-state index is 0.818. The summed E-state index contributed by atoms with van der Waals surface area (Å²) in [5, 5.41) is 9.03. The summed E-state index contributed by atoms with van der Waals surface area (Å²) in [4.78, 5) is 0. The first kappa shape index (κ1) is 31.4. The lowest BCUT2D eigenvalue weighted by molar-refractivity contribution is 0.662. The number of hydrogen-bond donors (Lipinski definition) is 0. The Morgan fingerprint density at radius 2 is 0.759 bits per heavy atom. The number of hydrogen-bond acceptors (Lipinski definition) is 2. The molecule has 58 heavy (non-hydrogen) atoms. The van der Waals surface area contributed by atoms with Crippen molar-refractivity contribution in [1.82, 2.24) is 9.13 Å². The molecule has 0 spiro atoms. The second-order valence-corrected chi connectivity index (χ2v) is 15.2. The number of aromatic nitrogens is 2. The smallest absolute Gasteiger partial charge is 0.159 e. The minimum Gasteiger partial charge on any atom is -0.455 e. The third kappa shape index (κ3) is 4.34. The Morgan fingerprint density at radius 3 is 1.31 bits per heavy atom. The van der Waals surface area contributed by atoms with Crippen LogP contribution < -0.4 is 0 Å². The topological polar surface area (TPSA) is 36.1 Å². The van der Waals surface area contributed by atoms with Crippen LogP contribution in [0.3, 0.4) is 0 Å². The van der Waals surface area contributed by atoms with E-state index in [1.165, 1.54) is 21.5 Å². The van der Waals surface area contributed by atoms with Gasteiger partial charge in [-0.05, 0) is 77.4 Å². The summed E-state index contributed by atoms with van der Waals surface area (Å²) in [5.41, 5.74) is 14.4. The fraction of sp³-hybridized carbons (Fsp3) is 0. The first-order valence-electron chi connectivity index (χ1n) is 19.8. The molecule has 0 bridgehead atoms. The molecule has 0 aliphatic carbocycles. The summed E-state index contributed by atoms with van der Waals surface area (Å²) in [5.74, 6) is 0. The lowest BCUT2D eigenvalue weighted by Gasteiger charge is -2.14. The monoisotopic (exact) mass is 740 g/mol. The van der Waals surface area contributed by atoms with E-state index >= 15 is 0 Å². The zero-order valence-corrected chi connectivity index (χ0v) is 31.2. The number of nitrogens with zero attached hydrogens (tertiary/aromatic N) is 2. The molecule has 0 amide bonds. The summed E-state index contributed by atoms with van der Waals surface area (Å²) in [6, 6.07) is 69.3. The Hall–Kier alpha value is -7.82. The molecule has 4 heterocycles. The van der Waals surface area contributed by atoms with Crippen molar-refractivity contribution in [2.45, 2.75) is 0 Å². The maximum Gasteiger partial charge on any atom is 0.159 e. The standard InChI is InChI=1S/C54H32N2O2/c1-3-15-33(16-4-1)35-29-41(34-17-5-2-6-18-34)53-42(30-35)51-49(57-53)27-28-50-52(51)43-31-36(55-44-23-11-7-19-37(44)38-20-8-12-24-45(38)55)32-48(54(43)58-50)56-46-25-13-9-21-39(46)40-22-10-14-26-47(40)56/h1-32H. The van der Waals surface area contributed by atoms with Crippen LogP contribution in [0.2, 0.25) is 0 Å². The average molecular weight is 741 g/mol. The van der Waals surface area contributed by atoms with Crippen molar-refractivity contribution in [2.75, 3.05) is 0 Å². The van der Waals surface area contributed by atoms with Gasteiger partial charge >= 0.3 is 0 Å². The Bertz CT molecular complexity index is 3680. The van der Waals surface area contributed by atoms with Crippen molar-refractivity contribution < 1.29 is 8.83 Å². The van der Waals surface area contributed by atoms with Gasteiger partial charge in [-0.2, -0.15) is 0 Å². The zero-order chi connectivity index (χ0) is 37.9. The second kappa shape index (κ2) is 11.8. The average Bonchev–Trinajstić information content (AvgIpc) is 4.04. The normalized spacial score (nSPS) is 12.1. The predicted octanol–water partition coefficient (Wildman–Crippen LogP) is 15.0. The number of benzene rings is 9. The minimum absolute atomic E-state index is 0.818. The highest BCUT2D eigenvalue weighted by Gasteiger charge is 2.25. The van der Waals surface area contributed by atoms with Crippen molar-refractivity contribution >= 4 is 87.5 Å². The lowest BCUT2D eigenvalue weighted by Crippen LogP contribution is -1.99. The molecule has 0 unspecified atom stereocenters. The van der Waals surface area contributed by atoms with E-state index in [1.807, 2.05) is 0 Å². The van der Waals surface area contributed by atoms with E-state index in [9.17, 15) is 0 Å². The SMILES string of the molecule is c1ccc(-c2cc(-c3ccccc3)c3oc4ccc5oc6c(-n7c8ccccc8c8ccccc87)cc(-n7c8ccccc8c8ccccc87)cc6c5c4c3c2)cc1. The van der Waals surface area contributed by atoms with Crippen LogP contribution in [0, 0.1) is 0 Å². The predicted molar refractivity (Wildman–Crippen MR) is 241 cm³/mol. The van der Waals surface area contributed by atoms with E-state index in [1.54, 1.807) is 0 Å². The quantitative estimate of drug-likeness (QED) is 0.180. The summed E-state index contributed by atoms with van der Waals surface area (Å²) in [6.45, 7) is 0. The first-order chi connectivity index (χ1) is 28.8. The molecule has 4 aromatic heterocycles. The summed E-state index contributed by atoms with van der Waals surface area (Å²) in [7, 11) is 0. The largest absolute Gasteiger partial charge is 0.455 e.